The Labute approximate surface area is 136 Å². The highest BCUT2D eigenvalue weighted by molar-refractivity contribution is 6.45. The lowest BCUT2D eigenvalue weighted by molar-refractivity contribution is -0.136. The number of carbonyl (C=O) groups is 2. The normalized spacial score (nSPS) is 10.7. The van der Waals surface area contributed by atoms with Crippen molar-refractivity contribution in [2.45, 2.75) is 6.92 Å². The van der Waals surface area contributed by atoms with Crippen molar-refractivity contribution in [3.63, 3.8) is 0 Å². The van der Waals surface area contributed by atoms with Crippen molar-refractivity contribution in [3.05, 3.63) is 51.9 Å². The molecule has 1 aromatic heterocycles. The number of anilines is 1. The average molecular weight is 340 g/mol. The number of hydrogen-bond acceptors (Lipinski definition) is 4. The number of amides is 2. The molecule has 0 aliphatic carbocycles. The number of nitrogens with zero attached hydrogens (tertiary/aromatic N) is 1. The Hall–Kier alpha value is -2.31. The number of halogens is 2. The van der Waals surface area contributed by atoms with Crippen LogP contribution in [0.25, 0.3) is 0 Å². The molecule has 8 heteroatoms. The molecule has 0 fully saturated rings. The van der Waals surface area contributed by atoms with Crippen molar-refractivity contribution in [2.75, 3.05) is 5.32 Å². The third-order valence-corrected chi connectivity index (χ3v) is 3.34. The maximum atomic E-state index is 11.7. The Bertz CT molecular complexity index is 741. The summed E-state index contributed by atoms with van der Waals surface area (Å²) < 4.78 is 5.22. The summed E-state index contributed by atoms with van der Waals surface area (Å²) in [5.74, 6) is -0.704. The fourth-order valence-electron chi connectivity index (χ4n) is 1.51. The van der Waals surface area contributed by atoms with Gasteiger partial charge in [-0.05, 0) is 31.2 Å². The zero-order chi connectivity index (χ0) is 16.1. The first-order valence-electron chi connectivity index (χ1n) is 6.12. The molecule has 114 valence electrons. The molecule has 1 heterocycles. The predicted octanol–water partition coefficient (Wildman–Crippen LogP) is 2.98. The number of aryl methyl sites for hydroxylation is 1. The SMILES string of the molecule is Cc1ccc(/C=N\NC(=O)C(=O)Nc2cccc(Cl)c2Cl)o1. The molecule has 2 N–H and O–H groups in total. The molecule has 22 heavy (non-hydrogen) atoms. The lowest BCUT2D eigenvalue weighted by atomic mass is 10.3. The Kier molecular flexibility index (Phi) is 5.19. The fraction of sp³-hybridized carbons (Fsp3) is 0.0714. The first-order chi connectivity index (χ1) is 10.5. The number of furan rings is 1. The monoisotopic (exact) mass is 339 g/mol. The van der Waals surface area contributed by atoms with Crippen LogP contribution in [-0.2, 0) is 9.59 Å². The van der Waals surface area contributed by atoms with E-state index in [2.05, 4.69) is 15.8 Å². The highest BCUT2D eigenvalue weighted by atomic mass is 35.5. The van der Waals surface area contributed by atoms with Crippen molar-refractivity contribution < 1.29 is 14.0 Å². The lowest BCUT2D eigenvalue weighted by Crippen LogP contribution is -2.32. The third kappa shape index (κ3) is 4.09. The van der Waals surface area contributed by atoms with Crippen molar-refractivity contribution in [1.29, 1.82) is 0 Å². The summed E-state index contributed by atoms with van der Waals surface area (Å²) in [5.41, 5.74) is 2.31. The molecule has 0 saturated heterocycles. The molecular formula is C14H11Cl2N3O3. The first kappa shape index (κ1) is 16.1. The molecule has 0 atom stereocenters. The molecule has 0 saturated carbocycles. The van der Waals surface area contributed by atoms with E-state index in [1.165, 1.54) is 12.3 Å². The number of rotatable bonds is 3. The minimum absolute atomic E-state index is 0.153. The van der Waals surface area contributed by atoms with E-state index in [4.69, 9.17) is 27.6 Å². The zero-order valence-electron chi connectivity index (χ0n) is 11.4. The van der Waals surface area contributed by atoms with E-state index in [0.29, 0.717) is 11.5 Å². The summed E-state index contributed by atoms with van der Waals surface area (Å²) in [5, 5.41) is 6.38. The minimum Gasteiger partial charge on any atom is -0.460 e. The summed E-state index contributed by atoms with van der Waals surface area (Å²) in [6.45, 7) is 1.78. The van der Waals surface area contributed by atoms with Crippen LogP contribution in [0.4, 0.5) is 5.69 Å². The Morgan fingerprint density at radius 2 is 1.95 bits per heavy atom. The molecule has 0 bridgehead atoms. The highest BCUT2D eigenvalue weighted by Gasteiger charge is 2.15. The van der Waals surface area contributed by atoms with Gasteiger partial charge in [0.25, 0.3) is 0 Å². The Morgan fingerprint density at radius 3 is 2.64 bits per heavy atom. The largest absolute Gasteiger partial charge is 0.460 e. The Balaban J connectivity index is 1.93. The standard InChI is InChI=1S/C14H11Cl2N3O3/c1-8-5-6-9(22-8)7-17-19-14(21)13(20)18-11-4-2-3-10(15)12(11)16/h2-7H,1H3,(H,18,20)(H,19,21)/b17-7-. The molecule has 6 nitrogen and oxygen atoms in total. The maximum Gasteiger partial charge on any atom is 0.329 e. The van der Waals surface area contributed by atoms with E-state index < -0.39 is 11.8 Å². The van der Waals surface area contributed by atoms with Gasteiger partial charge in [-0.15, -0.1) is 0 Å². The van der Waals surface area contributed by atoms with Gasteiger partial charge in [0.2, 0.25) is 0 Å². The van der Waals surface area contributed by atoms with Gasteiger partial charge in [0.05, 0.1) is 21.9 Å². The molecular weight excluding hydrogens is 329 g/mol. The van der Waals surface area contributed by atoms with Crippen LogP contribution in [0.3, 0.4) is 0 Å². The van der Waals surface area contributed by atoms with E-state index >= 15 is 0 Å². The summed E-state index contributed by atoms with van der Waals surface area (Å²) in [4.78, 5) is 23.3. The Morgan fingerprint density at radius 1 is 1.18 bits per heavy atom. The zero-order valence-corrected chi connectivity index (χ0v) is 12.9. The van der Waals surface area contributed by atoms with Crippen LogP contribution in [0.2, 0.25) is 10.0 Å². The summed E-state index contributed by atoms with van der Waals surface area (Å²) >= 11 is 11.7. The van der Waals surface area contributed by atoms with Crippen LogP contribution >= 0.6 is 23.2 Å². The second-order valence-electron chi connectivity index (χ2n) is 4.20. The molecule has 2 aromatic rings. The van der Waals surface area contributed by atoms with Crippen molar-refractivity contribution >= 4 is 46.9 Å². The molecule has 2 amide bonds. The molecule has 0 aliphatic heterocycles. The topological polar surface area (TPSA) is 83.7 Å². The quantitative estimate of drug-likeness (QED) is 0.512. The second kappa shape index (κ2) is 7.11. The van der Waals surface area contributed by atoms with Gasteiger partial charge in [-0.25, -0.2) is 5.43 Å². The van der Waals surface area contributed by atoms with Gasteiger partial charge < -0.3 is 9.73 Å². The van der Waals surface area contributed by atoms with Gasteiger partial charge in [0.15, 0.2) is 0 Å². The summed E-state index contributed by atoms with van der Waals surface area (Å²) in [6, 6.07) is 8.11. The van der Waals surface area contributed by atoms with E-state index in [0.717, 1.165) is 0 Å². The van der Waals surface area contributed by atoms with Crippen LogP contribution in [0.15, 0.2) is 39.9 Å². The van der Waals surface area contributed by atoms with Crippen LogP contribution < -0.4 is 10.7 Å². The van der Waals surface area contributed by atoms with Gasteiger partial charge in [-0.3, -0.25) is 9.59 Å². The highest BCUT2D eigenvalue weighted by Crippen LogP contribution is 2.29. The maximum absolute atomic E-state index is 11.7. The van der Waals surface area contributed by atoms with Crippen LogP contribution in [0.1, 0.15) is 11.5 Å². The van der Waals surface area contributed by atoms with Gasteiger partial charge in [-0.2, -0.15) is 5.10 Å². The molecule has 1 aromatic carbocycles. The van der Waals surface area contributed by atoms with Crippen molar-refractivity contribution in [1.82, 2.24) is 5.43 Å². The molecule has 0 radical (unpaired) electrons. The van der Waals surface area contributed by atoms with Crippen LogP contribution in [0, 0.1) is 6.92 Å². The average Bonchev–Trinajstić information content (AvgIpc) is 2.89. The van der Waals surface area contributed by atoms with Crippen molar-refractivity contribution in [3.8, 4) is 0 Å². The molecule has 0 aliphatic rings. The lowest BCUT2D eigenvalue weighted by Gasteiger charge is -2.06. The summed E-state index contributed by atoms with van der Waals surface area (Å²) in [7, 11) is 0. The minimum atomic E-state index is -0.949. The molecule has 2 rings (SSSR count). The van der Waals surface area contributed by atoms with Gasteiger partial charge >= 0.3 is 11.8 Å². The van der Waals surface area contributed by atoms with E-state index in [9.17, 15) is 9.59 Å². The van der Waals surface area contributed by atoms with E-state index in [-0.39, 0.29) is 15.7 Å². The summed E-state index contributed by atoms with van der Waals surface area (Å²) in [6.07, 6.45) is 1.28. The number of hydrazone groups is 1. The van der Waals surface area contributed by atoms with E-state index in [1.807, 2.05) is 0 Å². The number of carbonyl (C=O) groups excluding carboxylic acids is 2. The number of hydrogen-bond donors (Lipinski definition) is 2. The fourth-order valence-corrected chi connectivity index (χ4v) is 1.86. The van der Waals surface area contributed by atoms with Gasteiger partial charge in [0.1, 0.15) is 11.5 Å². The smallest absolute Gasteiger partial charge is 0.329 e. The number of nitrogens with one attached hydrogen (secondary N) is 2. The van der Waals surface area contributed by atoms with Gasteiger partial charge in [0, 0.05) is 0 Å². The second-order valence-corrected chi connectivity index (χ2v) is 4.99. The molecule has 0 unspecified atom stereocenters. The third-order valence-electron chi connectivity index (χ3n) is 2.53. The van der Waals surface area contributed by atoms with E-state index in [1.54, 1.807) is 31.2 Å². The molecule has 0 spiro atoms. The van der Waals surface area contributed by atoms with Crippen LogP contribution in [0.5, 0.6) is 0 Å². The van der Waals surface area contributed by atoms with Crippen LogP contribution in [-0.4, -0.2) is 18.0 Å². The predicted molar refractivity (Wildman–Crippen MR) is 84.3 cm³/mol. The first-order valence-corrected chi connectivity index (χ1v) is 6.88. The van der Waals surface area contributed by atoms with Crippen molar-refractivity contribution in [2.24, 2.45) is 5.10 Å². The van der Waals surface area contributed by atoms with Gasteiger partial charge in [-0.1, -0.05) is 29.3 Å². The number of benzene rings is 1.